The third-order valence-corrected chi connectivity index (χ3v) is 3.36. The first-order valence-electron chi connectivity index (χ1n) is 6.96. The van der Waals surface area contributed by atoms with Gasteiger partial charge >= 0.3 is 5.97 Å². The third kappa shape index (κ3) is 5.03. The summed E-state index contributed by atoms with van der Waals surface area (Å²) in [5, 5.41) is 12.2. The number of rotatable bonds is 7. The summed E-state index contributed by atoms with van der Waals surface area (Å²) in [6, 6.07) is 8.09. The van der Waals surface area contributed by atoms with Gasteiger partial charge in [-0.2, -0.15) is 0 Å². The number of hydrogen-bond donors (Lipinski definition) is 2. The van der Waals surface area contributed by atoms with Crippen LogP contribution in [0.25, 0.3) is 0 Å². The van der Waals surface area contributed by atoms with Gasteiger partial charge in [0.05, 0.1) is 0 Å². The molecule has 3 nitrogen and oxygen atoms in total. The molecule has 0 unspecified atom stereocenters. The van der Waals surface area contributed by atoms with E-state index >= 15 is 0 Å². The predicted octanol–water partition coefficient (Wildman–Crippen LogP) is 3.05. The molecule has 3 heteroatoms. The summed E-state index contributed by atoms with van der Waals surface area (Å²) >= 11 is 0. The van der Waals surface area contributed by atoms with Crippen molar-refractivity contribution in [2.24, 2.45) is 5.92 Å². The summed E-state index contributed by atoms with van der Waals surface area (Å²) in [5.74, 6) is -0.129. The minimum absolute atomic E-state index is 0.0980. The lowest BCUT2D eigenvalue weighted by Crippen LogP contribution is -2.41. The van der Waals surface area contributed by atoms with Crippen LogP contribution in [0, 0.1) is 5.92 Å². The molecule has 2 N–H and O–H groups in total. The van der Waals surface area contributed by atoms with Crippen LogP contribution in [0.2, 0.25) is 0 Å². The molecule has 0 amide bonds. The van der Waals surface area contributed by atoms with E-state index in [4.69, 9.17) is 5.11 Å². The molecular formula is C16H25NO2. The van der Waals surface area contributed by atoms with Gasteiger partial charge in [-0.05, 0) is 35.9 Å². The van der Waals surface area contributed by atoms with Crippen LogP contribution < -0.4 is 5.32 Å². The molecule has 0 heterocycles. The molecule has 1 atom stereocenters. The highest BCUT2D eigenvalue weighted by molar-refractivity contribution is 5.73. The Bertz CT molecular complexity index is 396. The first-order chi connectivity index (χ1) is 8.91. The fourth-order valence-electron chi connectivity index (χ4n) is 2.05. The molecule has 0 aliphatic rings. The quantitative estimate of drug-likeness (QED) is 0.795. The van der Waals surface area contributed by atoms with Crippen molar-refractivity contribution in [3.63, 3.8) is 0 Å². The number of benzene rings is 1. The number of carbonyl (C=O) groups is 1. The van der Waals surface area contributed by atoms with Crippen molar-refractivity contribution >= 4 is 5.97 Å². The van der Waals surface area contributed by atoms with Crippen molar-refractivity contribution in [1.82, 2.24) is 5.32 Å². The van der Waals surface area contributed by atoms with E-state index in [0.29, 0.717) is 12.5 Å². The molecule has 0 bridgehead atoms. The van der Waals surface area contributed by atoms with Crippen molar-refractivity contribution in [3.05, 3.63) is 35.4 Å². The number of aliphatic carboxylic acids is 1. The second-order valence-electron chi connectivity index (χ2n) is 5.66. The summed E-state index contributed by atoms with van der Waals surface area (Å²) in [6.45, 7) is 8.88. The molecular weight excluding hydrogens is 238 g/mol. The minimum Gasteiger partial charge on any atom is -0.480 e. The topological polar surface area (TPSA) is 49.3 Å². The second kappa shape index (κ2) is 7.29. The van der Waals surface area contributed by atoms with Crippen LogP contribution in [0.1, 0.15) is 44.7 Å². The molecule has 19 heavy (non-hydrogen) atoms. The molecule has 0 saturated heterocycles. The SMILES string of the molecule is CC(C)c1ccc(CCN[C@@H](C(=O)O)C(C)C)cc1. The summed E-state index contributed by atoms with van der Waals surface area (Å²) in [7, 11) is 0. The maximum absolute atomic E-state index is 11.0. The van der Waals surface area contributed by atoms with Gasteiger partial charge < -0.3 is 10.4 Å². The van der Waals surface area contributed by atoms with E-state index in [1.807, 2.05) is 13.8 Å². The Morgan fingerprint density at radius 3 is 2.16 bits per heavy atom. The first-order valence-corrected chi connectivity index (χ1v) is 6.96. The van der Waals surface area contributed by atoms with E-state index in [-0.39, 0.29) is 5.92 Å². The Morgan fingerprint density at radius 2 is 1.74 bits per heavy atom. The van der Waals surface area contributed by atoms with Gasteiger partial charge in [0.1, 0.15) is 6.04 Å². The smallest absolute Gasteiger partial charge is 0.320 e. The largest absolute Gasteiger partial charge is 0.480 e. The molecule has 1 aromatic rings. The number of carboxylic acid groups (broad SMARTS) is 1. The summed E-state index contributed by atoms with van der Waals surface area (Å²) in [5.41, 5.74) is 2.58. The zero-order chi connectivity index (χ0) is 14.4. The van der Waals surface area contributed by atoms with Gasteiger partial charge in [-0.1, -0.05) is 52.0 Å². The van der Waals surface area contributed by atoms with Crippen LogP contribution >= 0.6 is 0 Å². The van der Waals surface area contributed by atoms with Crippen molar-refractivity contribution in [2.45, 2.75) is 46.1 Å². The standard InChI is InChI=1S/C16H25NO2/c1-11(2)14-7-5-13(6-8-14)9-10-17-15(12(3)4)16(18)19/h5-8,11-12,15,17H,9-10H2,1-4H3,(H,18,19)/t15-/m1/s1. The average Bonchev–Trinajstić information content (AvgIpc) is 2.34. The van der Waals surface area contributed by atoms with E-state index in [0.717, 1.165) is 6.42 Å². The molecule has 0 aliphatic heterocycles. The lowest BCUT2D eigenvalue weighted by atomic mass is 10.0. The van der Waals surface area contributed by atoms with Crippen LogP contribution in [0.4, 0.5) is 0 Å². The highest BCUT2D eigenvalue weighted by Crippen LogP contribution is 2.14. The van der Waals surface area contributed by atoms with Gasteiger partial charge in [-0.3, -0.25) is 4.79 Å². The molecule has 1 aromatic carbocycles. The molecule has 1 rings (SSSR count). The maximum Gasteiger partial charge on any atom is 0.320 e. The molecule has 0 fully saturated rings. The monoisotopic (exact) mass is 263 g/mol. The van der Waals surface area contributed by atoms with Crippen LogP contribution in [0.15, 0.2) is 24.3 Å². The molecule has 0 radical (unpaired) electrons. The van der Waals surface area contributed by atoms with E-state index in [9.17, 15) is 4.79 Å². The molecule has 0 saturated carbocycles. The Morgan fingerprint density at radius 1 is 1.16 bits per heavy atom. The molecule has 0 aliphatic carbocycles. The Hall–Kier alpha value is -1.35. The first kappa shape index (κ1) is 15.7. The van der Waals surface area contributed by atoms with Gasteiger partial charge in [0.2, 0.25) is 0 Å². The Labute approximate surface area is 116 Å². The summed E-state index contributed by atoms with van der Waals surface area (Å²) in [4.78, 5) is 11.0. The van der Waals surface area contributed by atoms with Crippen molar-refractivity contribution in [1.29, 1.82) is 0 Å². The van der Waals surface area contributed by atoms with Gasteiger partial charge in [0.25, 0.3) is 0 Å². The molecule has 0 spiro atoms. The van der Waals surface area contributed by atoms with E-state index in [1.165, 1.54) is 11.1 Å². The number of carboxylic acids is 1. The summed E-state index contributed by atoms with van der Waals surface area (Å²) < 4.78 is 0. The normalized spacial score (nSPS) is 12.9. The lowest BCUT2D eigenvalue weighted by Gasteiger charge is -2.17. The van der Waals surface area contributed by atoms with Crippen LogP contribution in [-0.2, 0) is 11.2 Å². The van der Waals surface area contributed by atoms with Crippen molar-refractivity contribution in [2.75, 3.05) is 6.54 Å². The zero-order valence-corrected chi connectivity index (χ0v) is 12.3. The average molecular weight is 263 g/mol. The minimum atomic E-state index is -0.773. The fraction of sp³-hybridized carbons (Fsp3) is 0.562. The molecule has 0 aromatic heterocycles. The highest BCUT2D eigenvalue weighted by atomic mass is 16.4. The van der Waals surface area contributed by atoms with Crippen molar-refractivity contribution < 1.29 is 9.90 Å². The van der Waals surface area contributed by atoms with E-state index in [2.05, 4.69) is 43.4 Å². The van der Waals surface area contributed by atoms with E-state index in [1.54, 1.807) is 0 Å². The van der Waals surface area contributed by atoms with Gasteiger partial charge in [0.15, 0.2) is 0 Å². The van der Waals surface area contributed by atoms with Gasteiger partial charge in [-0.25, -0.2) is 0 Å². The maximum atomic E-state index is 11.0. The van der Waals surface area contributed by atoms with E-state index < -0.39 is 12.0 Å². The fourth-order valence-corrected chi connectivity index (χ4v) is 2.05. The lowest BCUT2D eigenvalue weighted by molar-refractivity contribution is -0.140. The number of nitrogens with one attached hydrogen (secondary N) is 1. The Kier molecular flexibility index (Phi) is 6.03. The highest BCUT2D eigenvalue weighted by Gasteiger charge is 2.19. The van der Waals surface area contributed by atoms with Gasteiger partial charge in [0, 0.05) is 0 Å². The summed E-state index contributed by atoms with van der Waals surface area (Å²) in [6.07, 6.45) is 0.856. The van der Waals surface area contributed by atoms with Crippen molar-refractivity contribution in [3.8, 4) is 0 Å². The van der Waals surface area contributed by atoms with Crippen LogP contribution in [0.3, 0.4) is 0 Å². The van der Waals surface area contributed by atoms with Crippen LogP contribution in [-0.4, -0.2) is 23.7 Å². The Balaban J connectivity index is 2.46. The molecule has 106 valence electrons. The van der Waals surface area contributed by atoms with Gasteiger partial charge in [-0.15, -0.1) is 0 Å². The number of hydrogen-bond acceptors (Lipinski definition) is 2. The third-order valence-electron chi connectivity index (χ3n) is 3.36. The van der Waals surface area contributed by atoms with Crippen LogP contribution in [0.5, 0.6) is 0 Å². The second-order valence-corrected chi connectivity index (χ2v) is 5.66. The zero-order valence-electron chi connectivity index (χ0n) is 12.3. The predicted molar refractivity (Wildman–Crippen MR) is 78.5 cm³/mol.